The van der Waals surface area contributed by atoms with Crippen molar-refractivity contribution in [2.24, 2.45) is 16.7 Å². The van der Waals surface area contributed by atoms with E-state index in [4.69, 9.17) is 4.74 Å². The summed E-state index contributed by atoms with van der Waals surface area (Å²) >= 11 is 0. The molecule has 2 aliphatic carbocycles. The fraction of sp³-hybridized carbons (Fsp3) is 0.533. The van der Waals surface area contributed by atoms with E-state index in [1.165, 1.54) is 0 Å². The van der Waals surface area contributed by atoms with Crippen molar-refractivity contribution in [3.05, 3.63) is 36.0 Å². The molecule has 17 heavy (non-hydrogen) atoms. The molecule has 2 atom stereocenters. The monoisotopic (exact) mass is 230 g/mol. The van der Waals surface area contributed by atoms with Crippen LogP contribution in [0, 0.1) is 16.7 Å². The largest absolute Gasteiger partial charge is 0.459 e. The fourth-order valence-electron chi connectivity index (χ4n) is 3.75. The van der Waals surface area contributed by atoms with Gasteiger partial charge in [0.2, 0.25) is 0 Å². The Hall–Kier alpha value is -1.31. The summed E-state index contributed by atoms with van der Waals surface area (Å²) in [6.45, 7) is 6.54. The molecule has 3 aliphatic rings. The van der Waals surface area contributed by atoms with Crippen LogP contribution in [0.25, 0.3) is 0 Å². The zero-order chi connectivity index (χ0) is 12.3. The van der Waals surface area contributed by atoms with Crippen LogP contribution >= 0.6 is 0 Å². The molecule has 0 aromatic rings. The molecule has 0 radical (unpaired) electrons. The van der Waals surface area contributed by atoms with Gasteiger partial charge in [-0.05, 0) is 12.3 Å². The predicted octanol–water partition coefficient (Wildman–Crippen LogP) is 3.02. The van der Waals surface area contributed by atoms with Gasteiger partial charge in [-0.2, -0.15) is 0 Å². The number of allylic oxidation sites excluding steroid dienone is 4. The zero-order valence-corrected chi connectivity index (χ0v) is 10.6. The third kappa shape index (κ3) is 1.30. The van der Waals surface area contributed by atoms with Gasteiger partial charge >= 0.3 is 5.97 Å². The highest BCUT2D eigenvalue weighted by molar-refractivity contribution is 5.83. The van der Waals surface area contributed by atoms with Gasteiger partial charge in [-0.25, -0.2) is 4.79 Å². The van der Waals surface area contributed by atoms with Gasteiger partial charge < -0.3 is 4.74 Å². The molecule has 3 rings (SSSR count). The smallest absolute Gasteiger partial charge is 0.330 e. The summed E-state index contributed by atoms with van der Waals surface area (Å²) in [6, 6.07) is 0. The Labute approximate surface area is 102 Å². The second-order valence-electron chi connectivity index (χ2n) is 6.02. The number of hydrogen-bond donors (Lipinski definition) is 0. The van der Waals surface area contributed by atoms with Crippen molar-refractivity contribution < 1.29 is 9.53 Å². The van der Waals surface area contributed by atoms with Gasteiger partial charge in [0.1, 0.15) is 6.10 Å². The Bertz CT molecular complexity index is 453. The molecule has 0 bridgehead atoms. The molecule has 90 valence electrons. The summed E-state index contributed by atoms with van der Waals surface area (Å²) in [6.07, 6.45) is 11.3. The number of esters is 1. The maximum atomic E-state index is 11.5. The average molecular weight is 230 g/mol. The Balaban J connectivity index is 1.88. The number of cyclic esters (lactones) is 1. The molecular weight excluding hydrogens is 212 g/mol. The van der Waals surface area contributed by atoms with Crippen LogP contribution in [0.4, 0.5) is 0 Å². The summed E-state index contributed by atoms with van der Waals surface area (Å²) < 4.78 is 5.52. The van der Waals surface area contributed by atoms with E-state index in [2.05, 4.69) is 38.2 Å². The molecule has 0 amide bonds. The van der Waals surface area contributed by atoms with Crippen molar-refractivity contribution in [3.63, 3.8) is 0 Å². The van der Waals surface area contributed by atoms with Gasteiger partial charge in [0.15, 0.2) is 0 Å². The Morgan fingerprint density at radius 2 is 1.94 bits per heavy atom. The molecule has 0 unspecified atom stereocenters. The van der Waals surface area contributed by atoms with E-state index in [-0.39, 0.29) is 22.9 Å². The van der Waals surface area contributed by atoms with Crippen LogP contribution in [-0.2, 0) is 9.53 Å². The van der Waals surface area contributed by atoms with Crippen molar-refractivity contribution in [1.29, 1.82) is 0 Å². The molecule has 2 nitrogen and oxygen atoms in total. The number of ether oxygens (including phenoxy) is 1. The minimum absolute atomic E-state index is 0.0369. The molecule has 1 heterocycles. The van der Waals surface area contributed by atoms with Gasteiger partial charge in [0.25, 0.3) is 0 Å². The summed E-state index contributed by atoms with van der Waals surface area (Å²) in [5.74, 6) is 0.236. The fourth-order valence-corrected chi connectivity index (χ4v) is 3.75. The van der Waals surface area contributed by atoms with Crippen molar-refractivity contribution in [2.75, 3.05) is 0 Å². The quantitative estimate of drug-likeness (QED) is 0.647. The van der Waals surface area contributed by atoms with Crippen molar-refractivity contribution in [3.8, 4) is 0 Å². The second-order valence-corrected chi connectivity index (χ2v) is 6.02. The van der Waals surface area contributed by atoms with Gasteiger partial charge in [-0.15, -0.1) is 0 Å². The van der Waals surface area contributed by atoms with Crippen LogP contribution in [0.2, 0.25) is 0 Å². The SMILES string of the molecule is CC1=CC(=O)O[C@@H]([C@@H]2C(C)(C)C23C=CC=C3)C1. The number of rotatable bonds is 1. The summed E-state index contributed by atoms with van der Waals surface area (Å²) in [5, 5.41) is 0. The van der Waals surface area contributed by atoms with Crippen LogP contribution in [0.5, 0.6) is 0 Å². The zero-order valence-electron chi connectivity index (χ0n) is 10.6. The van der Waals surface area contributed by atoms with Gasteiger partial charge in [-0.3, -0.25) is 0 Å². The maximum Gasteiger partial charge on any atom is 0.330 e. The lowest BCUT2D eigenvalue weighted by molar-refractivity contribution is -0.146. The minimum atomic E-state index is -0.178. The Kier molecular flexibility index (Phi) is 1.99. The van der Waals surface area contributed by atoms with Gasteiger partial charge in [0.05, 0.1) is 0 Å². The molecule has 0 N–H and O–H groups in total. The van der Waals surface area contributed by atoms with Crippen molar-refractivity contribution >= 4 is 5.97 Å². The lowest BCUT2D eigenvalue weighted by Gasteiger charge is -2.23. The highest BCUT2D eigenvalue weighted by atomic mass is 16.5. The summed E-state index contributed by atoms with van der Waals surface area (Å²) in [4.78, 5) is 11.5. The van der Waals surface area contributed by atoms with E-state index < -0.39 is 0 Å². The minimum Gasteiger partial charge on any atom is -0.459 e. The highest BCUT2D eigenvalue weighted by Gasteiger charge is 2.71. The summed E-state index contributed by atoms with van der Waals surface area (Å²) in [5.41, 5.74) is 1.45. The molecular formula is C15H18O2. The normalized spacial score (nSPS) is 35.9. The van der Waals surface area contributed by atoms with E-state index in [1.807, 2.05) is 6.92 Å². The van der Waals surface area contributed by atoms with Crippen LogP contribution in [-0.4, -0.2) is 12.1 Å². The predicted molar refractivity (Wildman–Crippen MR) is 66.2 cm³/mol. The van der Waals surface area contributed by atoms with Crippen molar-refractivity contribution in [2.45, 2.75) is 33.3 Å². The highest BCUT2D eigenvalue weighted by Crippen LogP contribution is 2.73. The van der Waals surface area contributed by atoms with E-state index in [1.54, 1.807) is 6.08 Å². The van der Waals surface area contributed by atoms with E-state index in [0.717, 1.165) is 12.0 Å². The molecule has 0 saturated heterocycles. The number of carbonyl (C=O) groups is 1. The topological polar surface area (TPSA) is 26.3 Å². The van der Waals surface area contributed by atoms with E-state index in [9.17, 15) is 4.79 Å². The van der Waals surface area contributed by atoms with E-state index in [0.29, 0.717) is 5.92 Å². The first kappa shape index (κ1) is 10.8. The maximum absolute atomic E-state index is 11.5. The molecule has 1 fully saturated rings. The van der Waals surface area contributed by atoms with E-state index >= 15 is 0 Å². The lowest BCUT2D eigenvalue weighted by atomic mass is 9.97. The van der Waals surface area contributed by atoms with Crippen molar-refractivity contribution in [1.82, 2.24) is 0 Å². The van der Waals surface area contributed by atoms with Gasteiger partial charge in [0, 0.05) is 23.8 Å². The third-order valence-electron chi connectivity index (χ3n) is 4.71. The van der Waals surface area contributed by atoms with Crippen LogP contribution in [0.1, 0.15) is 27.2 Å². The molecule has 0 aromatic carbocycles. The van der Waals surface area contributed by atoms with Crippen LogP contribution < -0.4 is 0 Å². The first-order valence-electron chi connectivity index (χ1n) is 6.22. The Morgan fingerprint density at radius 1 is 1.29 bits per heavy atom. The third-order valence-corrected chi connectivity index (χ3v) is 4.71. The standard InChI is InChI=1S/C15H18O2/c1-10-8-11(17-12(16)9-10)13-14(2,3)15(13)6-4-5-7-15/h4-7,9,11,13H,8H2,1-3H3/t11-,13-/m1/s1. The summed E-state index contributed by atoms with van der Waals surface area (Å²) in [7, 11) is 0. The second kappa shape index (κ2) is 3.12. The molecule has 1 saturated carbocycles. The first-order chi connectivity index (χ1) is 7.97. The Morgan fingerprint density at radius 3 is 2.53 bits per heavy atom. The average Bonchev–Trinajstić information content (AvgIpc) is 2.59. The number of hydrogen-bond acceptors (Lipinski definition) is 2. The van der Waals surface area contributed by atoms with Crippen LogP contribution in [0.3, 0.4) is 0 Å². The molecule has 1 spiro atoms. The van der Waals surface area contributed by atoms with Gasteiger partial charge in [-0.1, -0.05) is 43.7 Å². The lowest BCUT2D eigenvalue weighted by Crippen LogP contribution is -2.26. The first-order valence-corrected chi connectivity index (χ1v) is 6.22. The van der Waals surface area contributed by atoms with Crippen LogP contribution in [0.15, 0.2) is 36.0 Å². The molecule has 1 aliphatic heterocycles. The molecule has 0 aromatic heterocycles. The molecule has 2 heteroatoms. The number of carbonyl (C=O) groups excluding carboxylic acids is 1.